The summed E-state index contributed by atoms with van der Waals surface area (Å²) in [5, 5.41) is 7.65. The van der Waals surface area contributed by atoms with E-state index in [2.05, 4.69) is 16.0 Å². The number of carbonyl (C=O) groups excluding carboxylic acids is 2. The van der Waals surface area contributed by atoms with Crippen LogP contribution in [0.15, 0.2) is 42.5 Å². The molecule has 132 valence electrons. The number of carbonyl (C=O) groups is 2. The molecule has 0 aromatic heterocycles. The van der Waals surface area contributed by atoms with E-state index in [0.29, 0.717) is 12.2 Å². The molecule has 0 fully saturated rings. The Bertz CT molecular complexity index is 760. The van der Waals surface area contributed by atoms with Gasteiger partial charge in [0.2, 0.25) is 0 Å². The van der Waals surface area contributed by atoms with Crippen LogP contribution in [-0.2, 0) is 6.54 Å². The second kappa shape index (κ2) is 8.14. The van der Waals surface area contributed by atoms with Crippen LogP contribution in [0.25, 0.3) is 0 Å². The van der Waals surface area contributed by atoms with Gasteiger partial charge in [-0.1, -0.05) is 12.1 Å². The topological polar surface area (TPSA) is 73.5 Å². The summed E-state index contributed by atoms with van der Waals surface area (Å²) in [7, 11) is 5.32. The van der Waals surface area contributed by atoms with Gasteiger partial charge in [0, 0.05) is 39.1 Å². The fraction of sp³-hybridized carbons (Fsp3) is 0.222. The van der Waals surface area contributed by atoms with Gasteiger partial charge in [0.15, 0.2) is 0 Å². The predicted octanol–water partition coefficient (Wildman–Crippen LogP) is 2.57. The Balaban J connectivity index is 1.95. The van der Waals surface area contributed by atoms with E-state index in [1.54, 1.807) is 0 Å². The van der Waals surface area contributed by atoms with Gasteiger partial charge in [-0.2, -0.15) is 0 Å². The van der Waals surface area contributed by atoms with Gasteiger partial charge in [-0.25, -0.2) is 9.18 Å². The van der Waals surface area contributed by atoms with Crippen molar-refractivity contribution in [3.05, 3.63) is 59.4 Å². The molecule has 2 aromatic rings. The molecule has 0 bridgehead atoms. The molecule has 7 heteroatoms. The SMILES string of the molecule is CNC(=O)c1cc(NC(=O)NCc2ccc(N(C)C)cc2)ccc1F. The number of halogens is 1. The molecule has 0 spiro atoms. The van der Waals surface area contributed by atoms with Crippen LogP contribution in [0, 0.1) is 5.82 Å². The average molecular weight is 344 g/mol. The summed E-state index contributed by atoms with van der Waals surface area (Å²) in [5.41, 5.74) is 2.23. The highest BCUT2D eigenvalue weighted by molar-refractivity contribution is 5.97. The number of nitrogens with zero attached hydrogens (tertiary/aromatic N) is 1. The van der Waals surface area contributed by atoms with Crippen molar-refractivity contribution in [1.82, 2.24) is 10.6 Å². The molecular weight excluding hydrogens is 323 g/mol. The summed E-state index contributed by atoms with van der Waals surface area (Å²) >= 11 is 0. The maximum Gasteiger partial charge on any atom is 0.319 e. The second-order valence-corrected chi connectivity index (χ2v) is 5.64. The minimum atomic E-state index is -0.647. The van der Waals surface area contributed by atoms with Crippen LogP contribution in [0.2, 0.25) is 0 Å². The van der Waals surface area contributed by atoms with Crippen molar-refractivity contribution >= 4 is 23.3 Å². The number of nitrogens with one attached hydrogen (secondary N) is 3. The Morgan fingerprint density at radius 3 is 2.36 bits per heavy atom. The summed E-state index contributed by atoms with van der Waals surface area (Å²) in [4.78, 5) is 25.5. The van der Waals surface area contributed by atoms with E-state index >= 15 is 0 Å². The van der Waals surface area contributed by atoms with E-state index in [1.807, 2.05) is 43.3 Å². The zero-order chi connectivity index (χ0) is 18.4. The Morgan fingerprint density at radius 2 is 1.76 bits per heavy atom. The average Bonchev–Trinajstić information content (AvgIpc) is 2.61. The standard InChI is InChI=1S/C18H21FN4O2/c1-20-17(24)15-10-13(6-9-16(15)19)22-18(25)21-11-12-4-7-14(8-5-12)23(2)3/h4-10H,11H2,1-3H3,(H,20,24)(H2,21,22,25). The van der Waals surface area contributed by atoms with Gasteiger partial charge in [0.25, 0.3) is 5.91 Å². The first kappa shape index (κ1) is 18.3. The van der Waals surface area contributed by atoms with E-state index in [9.17, 15) is 14.0 Å². The quantitative estimate of drug-likeness (QED) is 0.780. The van der Waals surface area contributed by atoms with Gasteiger partial charge < -0.3 is 20.9 Å². The zero-order valence-electron chi connectivity index (χ0n) is 14.4. The molecular formula is C18H21FN4O2. The lowest BCUT2D eigenvalue weighted by Crippen LogP contribution is -2.28. The minimum Gasteiger partial charge on any atom is -0.378 e. The number of amides is 3. The van der Waals surface area contributed by atoms with Crippen LogP contribution >= 0.6 is 0 Å². The lowest BCUT2D eigenvalue weighted by molar-refractivity contribution is 0.0959. The van der Waals surface area contributed by atoms with E-state index in [-0.39, 0.29) is 5.56 Å². The Kier molecular flexibility index (Phi) is 5.94. The van der Waals surface area contributed by atoms with Crippen molar-refractivity contribution in [2.45, 2.75) is 6.54 Å². The molecule has 3 N–H and O–H groups in total. The number of rotatable bonds is 5. The number of urea groups is 1. The highest BCUT2D eigenvalue weighted by Gasteiger charge is 2.12. The molecule has 25 heavy (non-hydrogen) atoms. The smallest absolute Gasteiger partial charge is 0.319 e. The Hall–Kier alpha value is -3.09. The second-order valence-electron chi connectivity index (χ2n) is 5.64. The summed E-state index contributed by atoms with van der Waals surface area (Å²) in [6.45, 7) is 0.350. The van der Waals surface area contributed by atoms with Gasteiger partial charge in [0.05, 0.1) is 5.56 Å². The van der Waals surface area contributed by atoms with Crippen molar-refractivity contribution in [1.29, 1.82) is 0 Å². The van der Waals surface area contributed by atoms with Gasteiger partial charge in [-0.3, -0.25) is 4.79 Å². The summed E-state index contributed by atoms with van der Waals surface area (Å²) in [5.74, 6) is -1.20. The zero-order valence-corrected chi connectivity index (χ0v) is 14.4. The van der Waals surface area contributed by atoms with Gasteiger partial charge in [-0.05, 0) is 35.9 Å². The number of benzene rings is 2. The third-order valence-electron chi connectivity index (χ3n) is 3.60. The predicted molar refractivity (Wildman–Crippen MR) is 96.4 cm³/mol. The third kappa shape index (κ3) is 4.94. The molecule has 2 aromatic carbocycles. The number of hydrogen-bond donors (Lipinski definition) is 3. The van der Waals surface area contributed by atoms with Crippen molar-refractivity contribution in [3.63, 3.8) is 0 Å². The summed E-state index contributed by atoms with van der Waals surface area (Å²) in [6, 6.07) is 11.2. The van der Waals surface area contributed by atoms with Crippen molar-refractivity contribution in [2.24, 2.45) is 0 Å². The molecule has 0 aliphatic rings. The van der Waals surface area contributed by atoms with E-state index < -0.39 is 17.8 Å². The molecule has 0 unspecified atom stereocenters. The van der Waals surface area contributed by atoms with E-state index in [1.165, 1.54) is 19.2 Å². The lowest BCUT2D eigenvalue weighted by Gasteiger charge is -2.13. The van der Waals surface area contributed by atoms with Crippen molar-refractivity contribution in [2.75, 3.05) is 31.4 Å². The fourth-order valence-electron chi connectivity index (χ4n) is 2.18. The molecule has 2 rings (SSSR count). The summed E-state index contributed by atoms with van der Waals surface area (Å²) in [6.07, 6.45) is 0. The lowest BCUT2D eigenvalue weighted by atomic mass is 10.1. The molecule has 0 saturated heterocycles. The first-order valence-electron chi connectivity index (χ1n) is 7.73. The summed E-state index contributed by atoms with van der Waals surface area (Å²) < 4.78 is 13.6. The van der Waals surface area contributed by atoms with Crippen LogP contribution in [0.1, 0.15) is 15.9 Å². The molecule has 6 nitrogen and oxygen atoms in total. The molecule has 0 atom stereocenters. The van der Waals surface area contributed by atoms with Crippen molar-refractivity contribution < 1.29 is 14.0 Å². The Labute approximate surface area is 146 Å². The highest BCUT2D eigenvalue weighted by atomic mass is 19.1. The van der Waals surface area contributed by atoms with Crippen LogP contribution < -0.4 is 20.9 Å². The molecule has 0 radical (unpaired) electrons. The highest BCUT2D eigenvalue weighted by Crippen LogP contribution is 2.15. The normalized spacial score (nSPS) is 10.1. The van der Waals surface area contributed by atoms with E-state index in [4.69, 9.17) is 0 Å². The maximum absolute atomic E-state index is 13.6. The first-order chi connectivity index (χ1) is 11.9. The monoisotopic (exact) mass is 344 g/mol. The van der Waals surface area contributed by atoms with E-state index in [0.717, 1.165) is 17.3 Å². The largest absolute Gasteiger partial charge is 0.378 e. The van der Waals surface area contributed by atoms with Crippen LogP contribution in [0.3, 0.4) is 0 Å². The van der Waals surface area contributed by atoms with Crippen molar-refractivity contribution in [3.8, 4) is 0 Å². The minimum absolute atomic E-state index is 0.125. The van der Waals surface area contributed by atoms with Crippen LogP contribution in [0.5, 0.6) is 0 Å². The maximum atomic E-state index is 13.6. The Morgan fingerprint density at radius 1 is 1.08 bits per heavy atom. The van der Waals surface area contributed by atoms with Crippen LogP contribution in [0.4, 0.5) is 20.6 Å². The molecule has 0 saturated carbocycles. The molecule has 0 aliphatic carbocycles. The molecule has 0 aliphatic heterocycles. The molecule has 0 heterocycles. The first-order valence-corrected chi connectivity index (χ1v) is 7.73. The van der Waals surface area contributed by atoms with Gasteiger partial charge in [-0.15, -0.1) is 0 Å². The van der Waals surface area contributed by atoms with Gasteiger partial charge >= 0.3 is 6.03 Å². The van der Waals surface area contributed by atoms with Crippen LogP contribution in [-0.4, -0.2) is 33.1 Å². The number of anilines is 2. The third-order valence-corrected chi connectivity index (χ3v) is 3.60. The fourth-order valence-corrected chi connectivity index (χ4v) is 2.18. The number of hydrogen-bond acceptors (Lipinski definition) is 3. The molecule has 3 amide bonds. The van der Waals surface area contributed by atoms with Gasteiger partial charge in [0.1, 0.15) is 5.82 Å².